The van der Waals surface area contributed by atoms with Gasteiger partial charge in [-0.3, -0.25) is 0 Å². The van der Waals surface area contributed by atoms with Crippen molar-refractivity contribution in [3.05, 3.63) is 23.8 Å². The van der Waals surface area contributed by atoms with E-state index in [1.54, 1.807) is 0 Å². The molecule has 1 aromatic rings. The summed E-state index contributed by atoms with van der Waals surface area (Å²) in [4.78, 5) is 9.77. The van der Waals surface area contributed by atoms with Gasteiger partial charge in [0.25, 0.3) is 0 Å². The van der Waals surface area contributed by atoms with Crippen molar-refractivity contribution in [2.75, 3.05) is 5.73 Å². The van der Waals surface area contributed by atoms with Gasteiger partial charge in [0.05, 0.1) is 10.9 Å². The van der Waals surface area contributed by atoms with Crippen molar-refractivity contribution in [1.29, 1.82) is 0 Å². The zero-order valence-corrected chi connectivity index (χ0v) is 10.6. The van der Waals surface area contributed by atoms with Gasteiger partial charge in [-0.15, -0.1) is 0 Å². The van der Waals surface area contributed by atoms with E-state index >= 15 is 0 Å². The predicted molar refractivity (Wildman–Crippen MR) is 43.1 cm³/mol. The molecule has 0 aliphatic heterocycles. The van der Waals surface area contributed by atoms with Gasteiger partial charge in [-0.1, -0.05) is 0 Å². The third kappa shape index (κ3) is 3.47. The minimum absolute atomic E-state index is 0. The Morgan fingerprint density at radius 3 is 2.27 bits per heavy atom. The largest absolute Gasteiger partial charge is 1.00 e. The molecule has 6 nitrogen and oxygen atoms in total. The van der Waals surface area contributed by atoms with Crippen LogP contribution in [0, 0.1) is 0 Å². The molecule has 0 fully saturated rings. The molecule has 1 rings (SSSR count). The molecule has 0 saturated heterocycles. The molecule has 0 radical (unpaired) electrons. The van der Waals surface area contributed by atoms with Crippen LogP contribution in [0.2, 0.25) is 0 Å². The Kier molecular flexibility index (Phi) is 4.75. The Labute approximate surface area is 108 Å². The van der Waals surface area contributed by atoms with Gasteiger partial charge in [0, 0.05) is 11.3 Å². The van der Waals surface area contributed by atoms with E-state index in [-0.39, 0.29) is 35.2 Å². The van der Waals surface area contributed by atoms with Gasteiger partial charge in [0.2, 0.25) is 0 Å². The maximum atomic E-state index is 10.5. The Hall–Kier alpha value is -0.600. The Morgan fingerprint density at radius 2 is 1.87 bits per heavy atom. The van der Waals surface area contributed by atoms with E-state index < -0.39 is 26.5 Å². The van der Waals surface area contributed by atoms with E-state index in [1.807, 2.05) is 0 Å². The predicted octanol–water partition coefficient (Wildman–Crippen LogP) is -4.46. The molecule has 0 heterocycles. The first-order valence-corrected chi connectivity index (χ1v) is 4.80. The van der Waals surface area contributed by atoms with Gasteiger partial charge in [-0.05, 0) is 18.2 Å². The molecule has 0 aromatic heterocycles. The molecular weight excluding hydrogens is 233 g/mol. The number of rotatable bonds is 2. The number of hydrogen-bond acceptors (Lipinski definition) is 6. The van der Waals surface area contributed by atoms with Crippen molar-refractivity contribution in [3.8, 4) is 0 Å². The molecule has 0 amide bonds. The zero-order valence-electron chi connectivity index (χ0n) is 7.76. The summed E-state index contributed by atoms with van der Waals surface area (Å²) < 4.78 is 31.5. The number of carboxylic acids is 1. The molecule has 0 unspecified atom stereocenters. The fraction of sp³-hybridized carbons (Fsp3) is 0. The summed E-state index contributed by atoms with van der Waals surface area (Å²) in [6.45, 7) is 0. The van der Waals surface area contributed by atoms with E-state index in [1.165, 1.54) is 0 Å². The summed E-state index contributed by atoms with van der Waals surface area (Å²) in [6.07, 6.45) is 0. The van der Waals surface area contributed by atoms with Crippen molar-refractivity contribution < 1.29 is 52.4 Å². The van der Waals surface area contributed by atoms with E-state index in [9.17, 15) is 22.9 Å². The summed E-state index contributed by atoms with van der Waals surface area (Å²) in [5, 5.41) is 10.4. The van der Waals surface area contributed by atoms with Crippen LogP contribution in [0.5, 0.6) is 0 Å². The molecule has 0 bridgehead atoms. The van der Waals surface area contributed by atoms with Crippen LogP contribution in [0.3, 0.4) is 0 Å². The van der Waals surface area contributed by atoms with Crippen LogP contribution in [-0.2, 0) is 10.1 Å². The Bertz CT molecular complexity index is 484. The van der Waals surface area contributed by atoms with Crippen molar-refractivity contribution in [2.24, 2.45) is 0 Å². The Balaban J connectivity index is 0.00000196. The van der Waals surface area contributed by atoms with Gasteiger partial charge >= 0.3 is 29.6 Å². The van der Waals surface area contributed by atoms with Crippen molar-refractivity contribution in [1.82, 2.24) is 0 Å². The molecule has 76 valence electrons. The molecule has 1 aromatic carbocycles. The van der Waals surface area contributed by atoms with Crippen molar-refractivity contribution in [2.45, 2.75) is 4.90 Å². The summed E-state index contributed by atoms with van der Waals surface area (Å²) in [5.74, 6) is -1.63. The number of benzene rings is 1. The summed E-state index contributed by atoms with van der Waals surface area (Å²) in [6, 6.07) is 2.63. The fourth-order valence-corrected chi connectivity index (χ4v) is 1.36. The number of carboxylic acid groups (broad SMARTS) is 1. The van der Waals surface area contributed by atoms with Crippen LogP contribution >= 0.6 is 0 Å². The van der Waals surface area contributed by atoms with E-state index in [4.69, 9.17) is 5.73 Å². The minimum atomic E-state index is -4.67. The van der Waals surface area contributed by atoms with Crippen LogP contribution < -0.4 is 40.4 Å². The van der Waals surface area contributed by atoms with Crippen LogP contribution in [0.1, 0.15) is 10.4 Å². The Morgan fingerprint density at radius 1 is 1.33 bits per heavy atom. The first kappa shape index (κ1) is 14.4. The van der Waals surface area contributed by atoms with Crippen LogP contribution in [-0.4, -0.2) is 18.9 Å². The van der Waals surface area contributed by atoms with Crippen LogP contribution in [0.15, 0.2) is 23.1 Å². The number of anilines is 1. The van der Waals surface area contributed by atoms with Gasteiger partial charge in [-0.2, -0.15) is 0 Å². The molecule has 15 heavy (non-hydrogen) atoms. The monoisotopic (exact) mass is 238 g/mol. The van der Waals surface area contributed by atoms with Crippen molar-refractivity contribution in [3.63, 3.8) is 0 Å². The summed E-state index contributed by atoms with van der Waals surface area (Å²) in [7, 11) is -4.67. The van der Waals surface area contributed by atoms with Gasteiger partial charge in [0.1, 0.15) is 10.1 Å². The SMILES string of the molecule is Nc1ccc(S(=O)(=O)[O-])cc1C(=O)[O-].[Na+]. The van der Waals surface area contributed by atoms with Crippen LogP contribution in [0.4, 0.5) is 5.69 Å². The number of nitrogen functional groups attached to an aromatic ring is 1. The van der Waals surface area contributed by atoms with Crippen molar-refractivity contribution >= 4 is 21.8 Å². The normalized spacial score (nSPS) is 10.5. The van der Waals surface area contributed by atoms with Gasteiger partial charge < -0.3 is 20.2 Å². The number of nitrogens with two attached hydrogens (primary N) is 1. The molecule has 8 heteroatoms. The first-order chi connectivity index (χ1) is 6.32. The fourth-order valence-electron chi connectivity index (χ4n) is 0.868. The second kappa shape index (κ2) is 4.95. The van der Waals surface area contributed by atoms with E-state index in [0.29, 0.717) is 6.07 Å². The number of carbonyl (C=O) groups is 1. The van der Waals surface area contributed by atoms with E-state index in [2.05, 4.69) is 0 Å². The quantitative estimate of drug-likeness (QED) is 0.315. The minimum Gasteiger partial charge on any atom is -0.744 e. The molecular formula is C7H5NNaO5S-. The second-order valence-corrected chi connectivity index (χ2v) is 3.87. The molecule has 0 aliphatic carbocycles. The van der Waals surface area contributed by atoms with Crippen LogP contribution in [0.25, 0.3) is 0 Å². The number of aromatic carboxylic acids is 1. The zero-order chi connectivity index (χ0) is 10.9. The average molecular weight is 238 g/mol. The maximum Gasteiger partial charge on any atom is 1.00 e. The average Bonchev–Trinajstić information content (AvgIpc) is 2.02. The molecule has 0 spiro atoms. The molecule has 0 saturated carbocycles. The topological polar surface area (TPSA) is 123 Å². The maximum absolute atomic E-state index is 10.5. The third-order valence-corrected chi connectivity index (χ3v) is 2.36. The molecule has 0 aliphatic rings. The summed E-state index contributed by atoms with van der Waals surface area (Å²) >= 11 is 0. The standard InChI is InChI=1S/C7H7NO5S.Na/c8-6-2-1-4(14(11,12)13)3-5(6)7(9)10;/h1-3H,8H2,(H,9,10)(H,11,12,13);/q;+1/p-2. The number of carbonyl (C=O) groups excluding carboxylic acids is 1. The summed E-state index contributed by atoms with van der Waals surface area (Å²) in [5.41, 5.74) is 4.55. The molecule has 0 atom stereocenters. The third-order valence-electron chi connectivity index (χ3n) is 1.53. The number of hydrogen-bond donors (Lipinski definition) is 1. The van der Waals surface area contributed by atoms with Gasteiger partial charge in [0.15, 0.2) is 0 Å². The smallest absolute Gasteiger partial charge is 0.744 e. The second-order valence-electron chi connectivity index (χ2n) is 2.49. The van der Waals surface area contributed by atoms with E-state index in [0.717, 1.165) is 12.1 Å². The van der Waals surface area contributed by atoms with Gasteiger partial charge in [-0.25, -0.2) is 8.42 Å². The first-order valence-electron chi connectivity index (χ1n) is 3.39. The molecule has 2 N–H and O–H groups in total.